The van der Waals surface area contributed by atoms with Crippen LogP contribution < -0.4 is 4.74 Å². The van der Waals surface area contributed by atoms with Gasteiger partial charge in [-0.25, -0.2) is 0 Å². The number of hydrogen-bond acceptors (Lipinski definition) is 5. The molecule has 22 heavy (non-hydrogen) atoms. The van der Waals surface area contributed by atoms with Crippen LogP contribution in [0.1, 0.15) is 24.2 Å². The van der Waals surface area contributed by atoms with Crippen LogP contribution in [0.3, 0.4) is 0 Å². The van der Waals surface area contributed by atoms with E-state index in [9.17, 15) is 15.3 Å². The van der Waals surface area contributed by atoms with E-state index in [1.54, 1.807) is 37.3 Å². The average Bonchev–Trinajstić information content (AvgIpc) is 2.53. The van der Waals surface area contributed by atoms with Crippen LogP contribution in [-0.4, -0.2) is 34.7 Å². The number of methoxy groups -OCH3 is 1. The smallest absolute Gasteiger partial charge is 0.166 e. The van der Waals surface area contributed by atoms with Crippen LogP contribution >= 0.6 is 0 Å². The number of aliphatic imine (C=N–C) groups is 1. The zero-order valence-corrected chi connectivity index (χ0v) is 12.5. The number of para-hydroxylation sites is 1. The largest absolute Gasteiger partial charge is 0.508 e. The standard InChI is InChI=1S/C17H19NO4/c1-11(16(20)12-6-8-14(19)9-7-12)18-10-13-4-3-5-15(22-2)17(13)21/h3-11,16,19-21H,1-2H3/t11-,16-/m1/s1. The first-order valence-electron chi connectivity index (χ1n) is 6.89. The quantitative estimate of drug-likeness (QED) is 0.741. The Kier molecular flexibility index (Phi) is 5.01. The van der Waals surface area contributed by atoms with Crippen molar-refractivity contribution in [1.29, 1.82) is 0 Å². The molecule has 0 amide bonds. The van der Waals surface area contributed by atoms with Gasteiger partial charge in [0.05, 0.1) is 13.2 Å². The van der Waals surface area contributed by atoms with E-state index >= 15 is 0 Å². The normalized spacial score (nSPS) is 14.0. The van der Waals surface area contributed by atoms with Gasteiger partial charge in [0.2, 0.25) is 0 Å². The third-order valence-electron chi connectivity index (χ3n) is 3.39. The molecule has 0 bridgehead atoms. The van der Waals surface area contributed by atoms with Gasteiger partial charge in [-0.05, 0) is 36.8 Å². The van der Waals surface area contributed by atoms with Crippen LogP contribution in [0.15, 0.2) is 47.5 Å². The summed E-state index contributed by atoms with van der Waals surface area (Å²) in [7, 11) is 1.48. The zero-order chi connectivity index (χ0) is 16.1. The van der Waals surface area contributed by atoms with Gasteiger partial charge in [0.25, 0.3) is 0 Å². The fraction of sp³-hybridized carbons (Fsp3) is 0.235. The number of aliphatic hydroxyl groups is 1. The fourth-order valence-electron chi connectivity index (χ4n) is 2.04. The molecule has 2 aromatic rings. The predicted molar refractivity (Wildman–Crippen MR) is 84.8 cm³/mol. The first-order valence-corrected chi connectivity index (χ1v) is 6.89. The van der Waals surface area contributed by atoms with E-state index in [4.69, 9.17) is 4.74 Å². The van der Waals surface area contributed by atoms with Crippen LogP contribution in [0.4, 0.5) is 0 Å². The van der Waals surface area contributed by atoms with Crippen LogP contribution in [0.25, 0.3) is 0 Å². The Labute approximate surface area is 129 Å². The molecule has 5 nitrogen and oxygen atoms in total. The van der Waals surface area contributed by atoms with E-state index in [1.165, 1.54) is 25.5 Å². The molecule has 0 saturated carbocycles. The lowest BCUT2D eigenvalue weighted by molar-refractivity contribution is 0.154. The van der Waals surface area contributed by atoms with Gasteiger partial charge in [0, 0.05) is 11.8 Å². The first-order chi connectivity index (χ1) is 10.5. The molecule has 0 saturated heterocycles. The minimum Gasteiger partial charge on any atom is -0.508 e. The summed E-state index contributed by atoms with van der Waals surface area (Å²) in [6.07, 6.45) is 0.705. The number of phenolic OH excluding ortho intramolecular Hbond substituents is 2. The van der Waals surface area contributed by atoms with E-state index in [2.05, 4.69) is 4.99 Å². The van der Waals surface area contributed by atoms with Gasteiger partial charge in [-0.15, -0.1) is 0 Å². The van der Waals surface area contributed by atoms with Gasteiger partial charge >= 0.3 is 0 Å². The first kappa shape index (κ1) is 15.9. The predicted octanol–water partition coefficient (Wildman–Crippen LogP) is 2.65. The number of nitrogens with zero attached hydrogens (tertiary/aromatic N) is 1. The van der Waals surface area contributed by atoms with E-state index in [-0.39, 0.29) is 11.5 Å². The lowest BCUT2D eigenvalue weighted by Gasteiger charge is -2.15. The number of hydrogen-bond donors (Lipinski definition) is 3. The number of rotatable bonds is 5. The van der Waals surface area contributed by atoms with Crippen molar-refractivity contribution in [2.45, 2.75) is 19.1 Å². The molecule has 0 unspecified atom stereocenters. The van der Waals surface area contributed by atoms with Crippen molar-refractivity contribution in [2.75, 3.05) is 7.11 Å². The third-order valence-corrected chi connectivity index (χ3v) is 3.39. The molecule has 116 valence electrons. The summed E-state index contributed by atoms with van der Waals surface area (Å²) >= 11 is 0. The third kappa shape index (κ3) is 3.56. The molecule has 0 aliphatic heterocycles. The number of phenols is 2. The van der Waals surface area contributed by atoms with Crippen LogP contribution in [0.2, 0.25) is 0 Å². The number of aliphatic hydroxyl groups excluding tert-OH is 1. The van der Waals surface area contributed by atoms with Gasteiger partial charge in [-0.3, -0.25) is 4.99 Å². The Morgan fingerprint density at radius 1 is 1.09 bits per heavy atom. The van der Waals surface area contributed by atoms with Gasteiger partial charge in [0.1, 0.15) is 11.9 Å². The second kappa shape index (κ2) is 6.95. The Morgan fingerprint density at radius 3 is 2.41 bits per heavy atom. The highest BCUT2D eigenvalue weighted by atomic mass is 16.5. The molecule has 2 rings (SSSR count). The van der Waals surface area contributed by atoms with Gasteiger partial charge in [0.15, 0.2) is 11.5 Å². The molecule has 0 radical (unpaired) electrons. The monoisotopic (exact) mass is 301 g/mol. The van der Waals surface area contributed by atoms with Crippen LogP contribution in [0.5, 0.6) is 17.2 Å². The molecular formula is C17H19NO4. The second-order valence-corrected chi connectivity index (χ2v) is 4.95. The molecule has 0 spiro atoms. The summed E-state index contributed by atoms with van der Waals surface area (Å²) in [6.45, 7) is 1.77. The summed E-state index contributed by atoms with van der Waals surface area (Å²) < 4.78 is 5.04. The minimum atomic E-state index is -0.801. The summed E-state index contributed by atoms with van der Waals surface area (Å²) in [6, 6.07) is 11.0. The van der Waals surface area contributed by atoms with Gasteiger partial charge in [-0.2, -0.15) is 0 Å². The van der Waals surface area contributed by atoms with Crippen molar-refractivity contribution in [2.24, 2.45) is 4.99 Å². The Balaban J connectivity index is 2.14. The average molecular weight is 301 g/mol. The number of ether oxygens (including phenoxy) is 1. The molecule has 2 aromatic carbocycles. The van der Waals surface area contributed by atoms with Crippen molar-refractivity contribution in [3.8, 4) is 17.2 Å². The second-order valence-electron chi connectivity index (χ2n) is 4.95. The maximum atomic E-state index is 10.2. The highest BCUT2D eigenvalue weighted by Crippen LogP contribution is 2.28. The lowest BCUT2D eigenvalue weighted by atomic mass is 10.0. The maximum Gasteiger partial charge on any atom is 0.166 e. The Morgan fingerprint density at radius 2 is 1.77 bits per heavy atom. The van der Waals surface area contributed by atoms with Crippen molar-refractivity contribution in [3.05, 3.63) is 53.6 Å². The molecule has 5 heteroatoms. The van der Waals surface area contributed by atoms with E-state index < -0.39 is 12.1 Å². The fourth-order valence-corrected chi connectivity index (χ4v) is 2.04. The number of benzene rings is 2. The zero-order valence-electron chi connectivity index (χ0n) is 12.5. The van der Waals surface area contributed by atoms with Crippen molar-refractivity contribution in [1.82, 2.24) is 0 Å². The molecule has 0 aliphatic carbocycles. The van der Waals surface area contributed by atoms with Gasteiger partial charge < -0.3 is 20.1 Å². The van der Waals surface area contributed by atoms with Crippen molar-refractivity contribution < 1.29 is 20.1 Å². The molecule has 2 atom stereocenters. The van der Waals surface area contributed by atoms with E-state index in [0.29, 0.717) is 16.9 Å². The number of aromatic hydroxyl groups is 2. The Hall–Kier alpha value is -2.53. The highest BCUT2D eigenvalue weighted by Gasteiger charge is 2.15. The highest BCUT2D eigenvalue weighted by molar-refractivity contribution is 5.84. The topological polar surface area (TPSA) is 82.3 Å². The van der Waals surface area contributed by atoms with Crippen molar-refractivity contribution in [3.63, 3.8) is 0 Å². The van der Waals surface area contributed by atoms with E-state index in [1.807, 2.05) is 0 Å². The summed E-state index contributed by atoms with van der Waals surface area (Å²) in [4.78, 5) is 4.28. The summed E-state index contributed by atoms with van der Waals surface area (Å²) in [5.41, 5.74) is 1.18. The minimum absolute atomic E-state index is 0.0140. The summed E-state index contributed by atoms with van der Waals surface area (Å²) in [5.74, 6) is 0.532. The molecular weight excluding hydrogens is 282 g/mol. The van der Waals surface area contributed by atoms with E-state index in [0.717, 1.165) is 0 Å². The Bertz CT molecular complexity index is 652. The van der Waals surface area contributed by atoms with Crippen molar-refractivity contribution >= 4 is 6.21 Å². The molecule has 3 N–H and O–H groups in total. The maximum absolute atomic E-state index is 10.2. The van der Waals surface area contributed by atoms with Crippen LogP contribution in [0, 0.1) is 0 Å². The van der Waals surface area contributed by atoms with Gasteiger partial charge in [-0.1, -0.05) is 18.2 Å². The molecule has 0 aromatic heterocycles. The molecule has 0 aliphatic rings. The molecule has 0 heterocycles. The summed E-state index contributed by atoms with van der Waals surface area (Å²) in [5, 5.41) is 29.5. The SMILES string of the molecule is COc1cccc(C=N[C@H](C)[C@@H](O)c2ccc(O)cc2)c1O. The molecule has 0 fully saturated rings. The lowest BCUT2D eigenvalue weighted by Crippen LogP contribution is -2.12. The van der Waals surface area contributed by atoms with Crippen LogP contribution in [-0.2, 0) is 0 Å².